The Bertz CT molecular complexity index is 881. The van der Waals surface area contributed by atoms with Gasteiger partial charge in [-0.3, -0.25) is 20.2 Å². The Hall–Kier alpha value is -2.28. The first-order valence-electron chi connectivity index (χ1n) is 5.83. The number of rotatable bonds is 5. The summed E-state index contributed by atoms with van der Waals surface area (Å²) in [5.74, 6) is -0.0296. The highest BCUT2D eigenvalue weighted by Crippen LogP contribution is 2.30. The van der Waals surface area contributed by atoms with Gasteiger partial charge < -0.3 is 4.18 Å². The maximum atomic E-state index is 12.2. The zero-order valence-corrected chi connectivity index (χ0v) is 14.1. The molecule has 0 aliphatic heterocycles. The van der Waals surface area contributed by atoms with Crippen molar-refractivity contribution in [2.45, 2.75) is 4.90 Å². The van der Waals surface area contributed by atoms with Gasteiger partial charge in [0, 0.05) is 9.64 Å². The Morgan fingerprint density at radius 1 is 0.957 bits per heavy atom. The maximum absolute atomic E-state index is 12.2. The predicted octanol–water partition coefficient (Wildman–Crippen LogP) is 2.88. The van der Waals surface area contributed by atoms with E-state index in [0.29, 0.717) is 6.07 Å². The van der Waals surface area contributed by atoms with Crippen LogP contribution in [0.5, 0.6) is 5.75 Å². The number of non-ortho nitro benzene ring substituents is 1. The summed E-state index contributed by atoms with van der Waals surface area (Å²) in [7, 11) is -4.51. The summed E-state index contributed by atoms with van der Waals surface area (Å²) in [4.78, 5) is 19.0. The van der Waals surface area contributed by atoms with Gasteiger partial charge in [0.1, 0.15) is 5.75 Å². The van der Waals surface area contributed by atoms with Gasteiger partial charge in [-0.25, -0.2) is 0 Å². The van der Waals surface area contributed by atoms with Gasteiger partial charge in [0.05, 0.1) is 15.9 Å². The van der Waals surface area contributed by atoms with Crippen molar-refractivity contribution in [3.63, 3.8) is 0 Å². The lowest BCUT2D eigenvalue weighted by Gasteiger charge is -2.07. The molecule has 0 N–H and O–H groups in total. The zero-order chi connectivity index (χ0) is 17.2. The van der Waals surface area contributed by atoms with Crippen LogP contribution in [0.3, 0.4) is 0 Å². The minimum Gasteiger partial charge on any atom is -0.379 e. The third-order valence-electron chi connectivity index (χ3n) is 2.64. The molecule has 2 aromatic carbocycles. The minimum atomic E-state index is -4.51. The number of halogens is 1. The molecule has 23 heavy (non-hydrogen) atoms. The molecule has 0 aromatic heterocycles. The van der Waals surface area contributed by atoms with Gasteiger partial charge in [-0.1, -0.05) is 0 Å². The molecule has 2 aromatic rings. The van der Waals surface area contributed by atoms with Crippen molar-refractivity contribution >= 4 is 44.1 Å². The fraction of sp³-hybridized carbons (Fsp3) is 0. The van der Waals surface area contributed by atoms with E-state index < -0.39 is 36.2 Å². The molecule has 120 valence electrons. The number of nitrogens with zero attached hydrogens (tertiary/aromatic N) is 2. The van der Waals surface area contributed by atoms with Crippen molar-refractivity contribution in [1.29, 1.82) is 0 Å². The van der Waals surface area contributed by atoms with Crippen LogP contribution >= 0.6 is 22.6 Å². The van der Waals surface area contributed by atoms with E-state index in [-0.39, 0.29) is 5.75 Å². The predicted molar refractivity (Wildman–Crippen MR) is 86.7 cm³/mol. The highest BCUT2D eigenvalue weighted by molar-refractivity contribution is 14.1. The fourth-order valence-electron chi connectivity index (χ4n) is 1.64. The van der Waals surface area contributed by atoms with E-state index in [1.165, 1.54) is 12.1 Å². The minimum absolute atomic E-state index is 0.0296. The summed E-state index contributed by atoms with van der Waals surface area (Å²) >= 11 is 2.01. The molecule has 2 rings (SSSR count). The Morgan fingerprint density at radius 2 is 1.57 bits per heavy atom. The monoisotopic (exact) mass is 450 g/mol. The molecule has 0 bridgehead atoms. The highest BCUT2D eigenvalue weighted by Gasteiger charge is 2.30. The van der Waals surface area contributed by atoms with Crippen LogP contribution in [0, 0.1) is 23.8 Å². The molecule has 9 nitrogen and oxygen atoms in total. The van der Waals surface area contributed by atoms with Crippen molar-refractivity contribution in [3.05, 3.63) is 66.3 Å². The van der Waals surface area contributed by atoms with Gasteiger partial charge in [0.15, 0.2) is 4.90 Å². The lowest BCUT2D eigenvalue weighted by Crippen LogP contribution is -2.12. The summed E-state index contributed by atoms with van der Waals surface area (Å²) in [6.07, 6.45) is 0. The molecule has 0 saturated carbocycles. The zero-order valence-electron chi connectivity index (χ0n) is 11.1. The van der Waals surface area contributed by atoms with Crippen LogP contribution in [0.25, 0.3) is 0 Å². The second kappa shape index (κ2) is 6.45. The second-order valence-corrected chi connectivity index (χ2v) is 6.92. The largest absolute Gasteiger partial charge is 0.379 e. The van der Waals surface area contributed by atoms with E-state index in [0.717, 1.165) is 15.7 Å². The van der Waals surface area contributed by atoms with E-state index in [1.54, 1.807) is 12.1 Å². The van der Waals surface area contributed by atoms with Gasteiger partial charge in [0.25, 0.3) is 11.4 Å². The number of nitro benzene ring substituents is 2. The van der Waals surface area contributed by atoms with Crippen molar-refractivity contribution in [1.82, 2.24) is 0 Å². The lowest BCUT2D eigenvalue weighted by molar-refractivity contribution is -0.396. The molecule has 0 spiro atoms. The van der Waals surface area contributed by atoms with Gasteiger partial charge in [-0.05, 0) is 52.9 Å². The molecule has 0 atom stereocenters. The molecular weight excluding hydrogens is 443 g/mol. The van der Waals surface area contributed by atoms with Crippen LogP contribution in [0.2, 0.25) is 0 Å². The molecule has 0 amide bonds. The third kappa shape index (κ3) is 3.92. The third-order valence-corrected chi connectivity index (χ3v) is 4.65. The lowest BCUT2D eigenvalue weighted by atomic mass is 10.3. The first kappa shape index (κ1) is 17.1. The van der Waals surface area contributed by atoms with E-state index in [4.69, 9.17) is 4.18 Å². The number of benzene rings is 2. The van der Waals surface area contributed by atoms with Crippen LogP contribution in [0.15, 0.2) is 47.4 Å². The van der Waals surface area contributed by atoms with Gasteiger partial charge in [0.2, 0.25) is 0 Å². The smallest absolute Gasteiger partial charge is 0.346 e. The number of nitro groups is 2. The Balaban J connectivity index is 2.48. The molecule has 0 aliphatic rings. The van der Waals surface area contributed by atoms with Crippen molar-refractivity contribution in [3.8, 4) is 5.75 Å². The highest BCUT2D eigenvalue weighted by atomic mass is 127. The SMILES string of the molecule is O=[N+]([O-])c1ccc(S(=O)(=O)Oc2ccc(I)cc2)c([N+](=O)[O-])c1. The van der Waals surface area contributed by atoms with E-state index in [2.05, 4.69) is 0 Å². The molecular formula is C12H7IN2O7S. The summed E-state index contributed by atoms with van der Waals surface area (Å²) in [5.41, 5.74) is -1.52. The summed E-state index contributed by atoms with van der Waals surface area (Å²) < 4.78 is 30.1. The summed E-state index contributed by atoms with van der Waals surface area (Å²) in [6.45, 7) is 0. The molecule has 0 saturated heterocycles. The topological polar surface area (TPSA) is 130 Å². The Kier molecular flexibility index (Phi) is 4.79. The number of hydrogen-bond donors (Lipinski definition) is 0. The van der Waals surface area contributed by atoms with Gasteiger partial charge >= 0.3 is 10.1 Å². The standard InChI is InChI=1S/C12H7IN2O7S/c13-8-1-4-10(5-2-8)22-23(20,21)12-6-3-9(14(16)17)7-11(12)15(18)19/h1-7H. The van der Waals surface area contributed by atoms with Crippen molar-refractivity contribution in [2.24, 2.45) is 0 Å². The van der Waals surface area contributed by atoms with Crippen molar-refractivity contribution < 1.29 is 22.4 Å². The van der Waals surface area contributed by atoms with Gasteiger partial charge in [-0.2, -0.15) is 8.42 Å². The fourth-order valence-corrected chi connectivity index (χ4v) is 3.07. The number of hydrogen-bond acceptors (Lipinski definition) is 7. The van der Waals surface area contributed by atoms with E-state index >= 15 is 0 Å². The average Bonchev–Trinajstić information content (AvgIpc) is 2.48. The molecule has 0 heterocycles. The first-order chi connectivity index (χ1) is 10.7. The van der Waals surface area contributed by atoms with Crippen LogP contribution < -0.4 is 4.18 Å². The average molecular weight is 450 g/mol. The summed E-state index contributed by atoms with van der Waals surface area (Å²) in [5, 5.41) is 21.7. The maximum Gasteiger partial charge on any atom is 0.346 e. The van der Waals surface area contributed by atoms with Crippen LogP contribution in [0.1, 0.15) is 0 Å². The molecule has 0 unspecified atom stereocenters. The quantitative estimate of drug-likeness (QED) is 0.296. The van der Waals surface area contributed by atoms with E-state index in [9.17, 15) is 28.6 Å². The summed E-state index contributed by atoms with van der Waals surface area (Å²) in [6, 6.07) is 8.16. The normalized spacial score (nSPS) is 11.0. The van der Waals surface area contributed by atoms with Crippen LogP contribution in [-0.4, -0.2) is 18.3 Å². The molecule has 0 fully saturated rings. The van der Waals surface area contributed by atoms with Crippen LogP contribution in [0.4, 0.5) is 11.4 Å². The Morgan fingerprint density at radius 3 is 2.09 bits per heavy atom. The molecule has 11 heteroatoms. The Labute approximate surface area is 143 Å². The second-order valence-electron chi connectivity index (χ2n) is 4.16. The van der Waals surface area contributed by atoms with Gasteiger partial charge in [-0.15, -0.1) is 0 Å². The van der Waals surface area contributed by atoms with Crippen molar-refractivity contribution in [2.75, 3.05) is 0 Å². The van der Waals surface area contributed by atoms with E-state index in [1.807, 2.05) is 22.6 Å². The molecule has 0 aliphatic carbocycles. The molecule has 0 radical (unpaired) electrons. The first-order valence-corrected chi connectivity index (χ1v) is 8.32. The van der Waals surface area contributed by atoms with Crippen LogP contribution in [-0.2, 0) is 10.1 Å².